The molecule has 0 saturated carbocycles. The fourth-order valence-corrected chi connectivity index (χ4v) is 0.907. The van der Waals surface area contributed by atoms with E-state index in [-0.39, 0.29) is 0 Å². The molecule has 0 heterocycles. The van der Waals surface area contributed by atoms with E-state index >= 15 is 0 Å². The molecule has 1 aliphatic carbocycles. The average Bonchev–Trinajstić information content (AvgIpc) is 2.31. The van der Waals surface area contributed by atoms with Crippen LogP contribution < -0.4 is 0 Å². The molecule has 0 saturated heterocycles. The first kappa shape index (κ1) is 12.0. The lowest BCUT2D eigenvalue weighted by Gasteiger charge is -2.00. The van der Waals surface area contributed by atoms with Crippen molar-refractivity contribution in [3.05, 3.63) is 35.6 Å². The Kier molecular flexibility index (Phi) is 7.08. The zero-order valence-corrected chi connectivity index (χ0v) is 9.13. The monoisotopic (exact) mass is 180 g/mol. The van der Waals surface area contributed by atoms with Gasteiger partial charge in [0, 0.05) is 6.42 Å². The zero-order valence-electron chi connectivity index (χ0n) is 9.13. The van der Waals surface area contributed by atoms with Crippen molar-refractivity contribution < 1.29 is 4.74 Å². The van der Waals surface area contributed by atoms with E-state index in [2.05, 4.69) is 45.1 Å². The normalized spacial score (nSPS) is 14.8. The molecule has 0 spiro atoms. The van der Waals surface area contributed by atoms with Gasteiger partial charge in [-0.3, -0.25) is 0 Å². The highest BCUT2D eigenvalue weighted by Gasteiger charge is 1.95. The number of allylic oxidation sites excluding steroid dienone is 5. The highest BCUT2D eigenvalue weighted by atomic mass is 16.5. The van der Waals surface area contributed by atoms with Crippen LogP contribution in [0.4, 0.5) is 0 Å². The van der Waals surface area contributed by atoms with E-state index in [9.17, 15) is 0 Å². The van der Waals surface area contributed by atoms with Crippen molar-refractivity contribution in [2.24, 2.45) is 0 Å². The van der Waals surface area contributed by atoms with E-state index < -0.39 is 0 Å². The highest BCUT2D eigenvalue weighted by molar-refractivity contribution is 5.27. The summed E-state index contributed by atoms with van der Waals surface area (Å²) in [6.45, 7) is 6.31. The molecule has 0 fully saturated rings. The molecule has 0 aromatic carbocycles. The highest BCUT2D eigenvalue weighted by Crippen LogP contribution is 2.11. The molecule has 0 unspecified atom stereocenters. The van der Waals surface area contributed by atoms with Crippen LogP contribution in [0, 0.1) is 0 Å². The van der Waals surface area contributed by atoms with Crippen LogP contribution in [-0.4, -0.2) is 7.11 Å². The van der Waals surface area contributed by atoms with Crippen LogP contribution in [0.25, 0.3) is 0 Å². The third kappa shape index (κ3) is 6.21. The Morgan fingerprint density at radius 3 is 2.54 bits per heavy atom. The minimum atomic E-state index is 0.907. The minimum Gasteiger partial charge on any atom is -0.501 e. The standard InChI is InChI=1S/C9H12O.C3H8/c1-8-5-3-4-6-9(7-8)10-2;1-3-2/h3-5,7H,6H2,1-2H3;3H2,1-2H3. The summed E-state index contributed by atoms with van der Waals surface area (Å²) in [6.07, 6.45) is 10.4. The van der Waals surface area contributed by atoms with Gasteiger partial charge in [0.1, 0.15) is 0 Å². The third-order valence-electron chi connectivity index (χ3n) is 1.47. The summed E-state index contributed by atoms with van der Waals surface area (Å²) in [5.74, 6) is 1.03. The predicted molar refractivity (Wildman–Crippen MR) is 58.6 cm³/mol. The Balaban J connectivity index is 0.000000424. The molecule has 0 aromatic heterocycles. The molecule has 0 amide bonds. The predicted octanol–water partition coefficient (Wildman–Crippen LogP) is 3.84. The first-order valence-corrected chi connectivity index (χ1v) is 4.82. The molecule has 1 rings (SSSR count). The molecule has 0 aliphatic heterocycles. The van der Waals surface area contributed by atoms with Crippen molar-refractivity contribution in [2.45, 2.75) is 33.6 Å². The fraction of sp³-hybridized carbons (Fsp3) is 0.500. The van der Waals surface area contributed by atoms with Gasteiger partial charge in [-0.15, -0.1) is 0 Å². The smallest absolute Gasteiger partial charge is 0.0995 e. The maximum absolute atomic E-state index is 5.11. The van der Waals surface area contributed by atoms with Crippen molar-refractivity contribution in [1.82, 2.24) is 0 Å². The van der Waals surface area contributed by atoms with Gasteiger partial charge in [0.25, 0.3) is 0 Å². The number of hydrogen-bond acceptors (Lipinski definition) is 1. The Morgan fingerprint density at radius 1 is 1.38 bits per heavy atom. The first-order valence-electron chi connectivity index (χ1n) is 4.82. The lowest BCUT2D eigenvalue weighted by molar-refractivity contribution is 0.285. The summed E-state index contributed by atoms with van der Waals surface area (Å²) in [4.78, 5) is 0. The molecule has 1 aliphatic rings. The van der Waals surface area contributed by atoms with E-state index in [1.165, 1.54) is 12.0 Å². The van der Waals surface area contributed by atoms with E-state index in [0.717, 1.165) is 12.2 Å². The SMILES string of the molecule is CCC.COC1=CC(C)=CC=CC1. The van der Waals surface area contributed by atoms with Gasteiger partial charge in [-0.25, -0.2) is 0 Å². The molecule has 1 nitrogen and oxygen atoms in total. The lowest BCUT2D eigenvalue weighted by atomic mass is 10.2. The molecular weight excluding hydrogens is 160 g/mol. The van der Waals surface area contributed by atoms with Gasteiger partial charge in [-0.1, -0.05) is 38.5 Å². The van der Waals surface area contributed by atoms with Gasteiger partial charge >= 0.3 is 0 Å². The van der Waals surface area contributed by atoms with Gasteiger partial charge in [0.2, 0.25) is 0 Å². The molecule has 13 heavy (non-hydrogen) atoms. The second-order valence-electron chi connectivity index (χ2n) is 3.06. The second-order valence-corrected chi connectivity index (χ2v) is 3.06. The lowest BCUT2D eigenvalue weighted by Crippen LogP contribution is -1.83. The summed E-state index contributed by atoms with van der Waals surface area (Å²) in [6, 6.07) is 0. The average molecular weight is 180 g/mol. The van der Waals surface area contributed by atoms with Crippen LogP contribution in [0.1, 0.15) is 33.6 Å². The quantitative estimate of drug-likeness (QED) is 0.595. The number of hydrogen-bond donors (Lipinski definition) is 0. The number of methoxy groups -OCH3 is 1. The topological polar surface area (TPSA) is 9.23 Å². The Hall–Kier alpha value is -0.980. The summed E-state index contributed by atoms with van der Waals surface area (Å²) in [5, 5.41) is 0. The van der Waals surface area contributed by atoms with E-state index in [4.69, 9.17) is 4.74 Å². The van der Waals surface area contributed by atoms with Crippen LogP contribution in [0.5, 0.6) is 0 Å². The van der Waals surface area contributed by atoms with Gasteiger partial charge < -0.3 is 4.74 Å². The molecule has 0 radical (unpaired) electrons. The van der Waals surface area contributed by atoms with Gasteiger partial charge in [-0.2, -0.15) is 0 Å². The van der Waals surface area contributed by atoms with E-state index in [0.29, 0.717) is 0 Å². The maximum Gasteiger partial charge on any atom is 0.0995 e. The van der Waals surface area contributed by atoms with Crippen LogP contribution in [0.2, 0.25) is 0 Å². The maximum atomic E-state index is 5.11. The van der Waals surface area contributed by atoms with Crippen LogP contribution in [-0.2, 0) is 4.74 Å². The van der Waals surface area contributed by atoms with Gasteiger partial charge in [0.15, 0.2) is 0 Å². The first-order chi connectivity index (χ1) is 6.24. The second kappa shape index (κ2) is 7.66. The summed E-state index contributed by atoms with van der Waals surface area (Å²) >= 11 is 0. The van der Waals surface area contributed by atoms with Gasteiger partial charge in [-0.05, 0) is 18.6 Å². The molecule has 1 heteroatoms. The van der Waals surface area contributed by atoms with Crippen LogP contribution in [0.15, 0.2) is 35.6 Å². The number of ether oxygens (including phenoxy) is 1. The summed E-state index contributed by atoms with van der Waals surface area (Å²) in [7, 11) is 1.71. The van der Waals surface area contributed by atoms with Crippen molar-refractivity contribution in [3.63, 3.8) is 0 Å². The van der Waals surface area contributed by atoms with Crippen LogP contribution >= 0.6 is 0 Å². The third-order valence-corrected chi connectivity index (χ3v) is 1.47. The van der Waals surface area contributed by atoms with Crippen molar-refractivity contribution in [2.75, 3.05) is 7.11 Å². The Morgan fingerprint density at radius 2 is 2.00 bits per heavy atom. The number of rotatable bonds is 1. The molecule has 74 valence electrons. The summed E-state index contributed by atoms with van der Waals surface area (Å²) < 4.78 is 5.11. The van der Waals surface area contributed by atoms with E-state index in [1.54, 1.807) is 7.11 Å². The Bertz CT molecular complexity index is 209. The Labute approximate surface area is 81.8 Å². The molecular formula is C12H20O. The zero-order chi connectivity index (χ0) is 10.1. The summed E-state index contributed by atoms with van der Waals surface area (Å²) in [5.41, 5.74) is 1.24. The molecule has 0 atom stereocenters. The van der Waals surface area contributed by atoms with Crippen molar-refractivity contribution in [3.8, 4) is 0 Å². The molecule has 0 aromatic rings. The van der Waals surface area contributed by atoms with E-state index in [1.807, 2.05) is 0 Å². The minimum absolute atomic E-state index is 0.907. The fourth-order valence-electron chi connectivity index (χ4n) is 0.907. The largest absolute Gasteiger partial charge is 0.501 e. The molecule has 0 bridgehead atoms. The molecule has 0 N–H and O–H groups in total. The van der Waals surface area contributed by atoms with Gasteiger partial charge in [0.05, 0.1) is 12.9 Å². The van der Waals surface area contributed by atoms with Crippen molar-refractivity contribution >= 4 is 0 Å². The van der Waals surface area contributed by atoms with Crippen LogP contribution in [0.3, 0.4) is 0 Å². The van der Waals surface area contributed by atoms with Crippen molar-refractivity contribution in [1.29, 1.82) is 0 Å².